The van der Waals surface area contributed by atoms with Gasteiger partial charge < -0.3 is 10.6 Å². The second-order valence-electron chi connectivity index (χ2n) is 5.88. The van der Waals surface area contributed by atoms with Crippen LogP contribution in [-0.2, 0) is 4.79 Å². The van der Waals surface area contributed by atoms with Crippen molar-refractivity contribution in [1.29, 1.82) is 0 Å². The van der Waals surface area contributed by atoms with Gasteiger partial charge in [0.25, 0.3) is 0 Å². The minimum absolute atomic E-state index is 0.0488. The zero-order chi connectivity index (χ0) is 15.2. The van der Waals surface area contributed by atoms with Crippen LogP contribution in [0.15, 0.2) is 0 Å². The molecule has 1 aromatic heterocycles. The number of carbonyl (C=O) groups is 1. The van der Waals surface area contributed by atoms with Gasteiger partial charge in [-0.2, -0.15) is 5.10 Å². The minimum atomic E-state index is 0.0488. The predicted molar refractivity (Wildman–Crippen MR) is 84.4 cm³/mol. The largest absolute Gasteiger partial charge is 0.322 e. The van der Waals surface area contributed by atoms with Crippen molar-refractivity contribution in [3.63, 3.8) is 0 Å². The quantitative estimate of drug-likeness (QED) is 0.739. The van der Waals surface area contributed by atoms with Gasteiger partial charge in [-0.15, -0.1) is 0 Å². The fraction of sp³-hybridized carbons (Fsp3) is 0.733. The van der Waals surface area contributed by atoms with Crippen molar-refractivity contribution in [2.75, 3.05) is 38.0 Å². The monoisotopic (exact) mass is 293 g/mol. The molecule has 2 rings (SSSR count). The number of rotatable bonds is 6. The highest BCUT2D eigenvalue weighted by Crippen LogP contribution is 2.18. The molecule has 0 aliphatic carbocycles. The summed E-state index contributed by atoms with van der Waals surface area (Å²) in [4.78, 5) is 14.4. The van der Waals surface area contributed by atoms with Crippen molar-refractivity contribution in [2.45, 2.75) is 33.6 Å². The number of aromatic amines is 1. The molecule has 0 spiro atoms. The molecular formula is C15H27N5O. The first-order chi connectivity index (χ1) is 10.1. The van der Waals surface area contributed by atoms with E-state index in [9.17, 15) is 4.79 Å². The van der Waals surface area contributed by atoms with Gasteiger partial charge in [0.2, 0.25) is 5.91 Å². The predicted octanol–water partition coefficient (Wildman–Crippen LogP) is 1.29. The average Bonchev–Trinajstić information content (AvgIpc) is 2.78. The zero-order valence-corrected chi connectivity index (χ0v) is 13.3. The Morgan fingerprint density at radius 1 is 1.38 bits per heavy atom. The maximum absolute atomic E-state index is 12.1. The van der Waals surface area contributed by atoms with Crippen molar-refractivity contribution in [3.05, 3.63) is 11.4 Å². The molecule has 1 fully saturated rings. The van der Waals surface area contributed by atoms with Gasteiger partial charge in [0, 0.05) is 0 Å². The lowest BCUT2D eigenvalue weighted by molar-refractivity contribution is -0.117. The van der Waals surface area contributed by atoms with Crippen LogP contribution in [0.25, 0.3) is 0 Å². The van der Waals surface area contributed by atoms with Crippen LogP contribution < -0.4 is 10.6 Å². The third-order valence-corrected chi connectivity index (χ3v) is 4.15. The topological polar surface area (TPSA) is 73.1 Å². The van der Waals surface area contributed by atoms with E-state index in [1.807, 2.05) is 13.8 Å². The van der Waals surface area contributed by atoms with Gasteiger partial charge in [0.1, 0.15) is 0 Å². The Balaban J connectivity index is 1.74. The summed E-state index contributed by atoms with van der Waals surface area (Å²) in [5, 5.41) is 13.4. The highest BCUT2D eigenvalue weighted by Gasteiger charge is 2.21. The number of aromatic nitrogens is 2. The van der Waals surface area contributed by atoms with Crippen LogP contribution >= 0.6 is 0 Å². The van der Waals surface area contributed by atoms with E-state index in [0.29, 0.717) is 6.54 Å². The molecule has 21 heavy (non-hydrogen) atoms. The van der Waals surface area contributed by atoms with Gasteiger partial charge in [-0.25, -0.2) is 0 Å². The molecular weight excluding hydrogens is 266 g/mol. The number of nitrogens with one attached hydrogen (secondary N) is 3. The smallest absolute Gasteiger partial charge is 0.238 e. The lowest BCUT2D eigenvalue weighted by Gasteiger charge is -2.31. The van der Waals surface area contributed by atoms with Crippen molar-refractivity contribution in [3.8, 4) is 0 Å². The molecule has 1 aliphatic rings. The fourth-order valence-electron chi connectivity index (χ4n) is 2.81. The number of aryl methyl sites for hydroxylation is 2. The molecule has 1 amide bonds. The Morgan fingerprint density at radius 3 is 2.67 bits per heavy atom. The van der Waals surface area contributed by atoms with Crippen molar-refractivity contribution < 1.29 is 4.79 Å². The van der Waals surface area contributed by atoms with Crippen LogP contribution in [0.5, 0.6) is 0 Å². The second-order valence-corrected chi connectivity index (χ2v) is 5.88. The summed E-state index contributed by atoms with van der Waals surface area (Å²) in [6, 6.07) is 0. The molecule has 6 nitrogen and oxygen atoms in total. The Labute approximate surface area is 126 Å². The second kappa shape index (κ2) is 7.56. The highest BCUT2D eigenvalue weighted by atomic mass is 16.2. The molecule has 1 saturated heterocycles. The third-order valence-electron chi connectivity index (χ3n) is 4.15. The molecule has 3 N–H and O–H groups in total. The highest BCUT2D eigenvalue weighted by molar-refractivity contribution is 5.93. The SMILES string of the molecule is CCNCC1CCN(CC(=O)Nc2c(C)n[nH]c2C)CC1. The number of H-pyrrole nitrogens is 1. The van der Waals surface area contributed by atoms with E-state index in [1.165, 1.54) is 12.8 Å². The summed E-state index contributed by atoms with van der Waals surface area (Å²) in [5.74, 6) is 0.801. The molecule has 0 bridgehead atoms. The van der Waals surface area contributed by atoms with E-state index in [1.54, 1.807) is 0 Å². The molecule has 1 aliphatic heterocycles. The van der Waals surface area contributed by atoms with E-state index in [4.69, 9.17) is 0 Å². The number of anilines is 1. The van der Waals surface area contributed by atoms with Crippen LogP contribution in [0.1, 0.15) is 31.2 Å². The van der Waals surface area contributed by atoms with Gasteiger partial charge in [0.05, 0.1) is 23.6 Å². The fourth-order valence-corrected chi connectivity index (χ4v) is 2.81. The Hall–Kier alpha value is -1.40. The van der Waals surface area contributed by atoms with E-state index < -0.39 is 0 Å². The lowest BCUT2D eigenvalue weighted by Crippen LogP contribution is -2.41. The van der Waals surface area contributed by atoms with E-state index in [0.717, 1.165) is 49.2 Å². The first-order valence-electron chi connectivity index (χ1n) is 7.84. The molecule has 0 saturated carbocycles. The van der Waals surface area contributed by atoms with Gasteiger partial charge >= 0.3 is 0 Å². The Morgan fingerprint density at radius 2 is 2.10 bits per heavy atom. The zero-order valence-electron chi connectivity index (χ0n) is 13.3. The Bertz CT molecular complexity index is 443. The standard InChI is InChI=1S/C15H27N5O/c1-4-16-9-13-5-7-20(8-6-13)10-14(21)17-15-11(2)18-19-12(15)3/h13,16H,4-10H2,1-3H3,(H,17,21)(H,18,19). The van der Waals surface area contributed by atoms with Crippen LogP contribution in [0.2, 0.25) is 0 Å². The number of nitrogens with zero attached hydrogens (tertiary/aromatic N) is 2. The van der Waals surface area contributed by atoms with Gasteiger partial charge in [0.15, 0.2) is 0 Å². The van der Waals surface area contributed by atoms with E-state index in [-0.39, 0.29) is 5.91 Å². The lowest BCUT2D eigenvalue weighted by atomic mass is 9.97. The van der Waals surface area contributed by atoms with Crippen molar-refractivity contribution in [2.24, 2.45) is 5.92 Å². The van der Waals surface area contributed by atoms with Crippen molar-refractivity contribution >= 4 is 11.6 Å². The molecule has 0 radical (unpaired) electrons. The summed E-state index contributed by atoms with van der Waals surface area (Å²) >= 11 is 0. The molecule has 0 aromatic carbocycles. The van der Waals surface area contributed by atoms with E-state index >= 15 is 0 Å². The molecule has 0 atom stereocenters. The van der Waals surface area contributed by atoms with Gasteiger partial charge in [-0.3, -0.25) is 14.8 Å². The summed E-state index contributed by atoms with van der Waals surface area (Å²) in [5.41, 5.74) is 2.57. The Kier molecular flexibility index (Phi) is 5.76. The maximum Gasteiger partial charge on any atom is 0.238 e. The maximum atomic E-state index is 12.1. The van der Waals surface area contributed by atoms with Crippen molar-refractivity contribution in [1.82, 2.24) is 20.4 Å². The number of likely N-dealkylation sites (tertiary alicyclic amines) is 1. The van der Waals surface area contributed by atoms with Gasteiger partial charge in [-0.1, -0.05) is 6.92 Å². The number of carbonyl (C=O) groups excluding carboxylic acids is 1. The summed E-state index contributed by atoms with van der Waals surface area (Å²) < 4.78 is 0. The van der Waals surface area contributed by atoms with Crippen LogP contribution in [0, 0.1) is 19.8 Å². The number of hydrogen-bond acceptors (Lipinski definition) is 4. The minimum Gasteiger partial charge on any atom is -0.322 e. The van der Waals surface area contributed by atoms with E-state index in [2.05, 4.69) is 32.7 Å². The van der Waals surface area contributed by atoms with Crippen LogP contribution in [-0.4, -0.2) is 53.7 Å². The molecule has 118 valence electrons. The number of piperidine rings is 1. The summed E-state index contributed by atoms with van der Waals surface area (Å²) in [7, 11) is 0. The van der Waals surface area contributed by atoms with Crippen LogP contribution in [0.3, 0.4) is 0 Å². The molecule has 0 unspecified atom stereocenters. The summed E-state index contributed by atoms with van der Waals surface area (Å²) in [6.45, 7) is 10.6. The summed E-state index contributed by atoms with van der Waals surface area (Å²) in [6.07, 6.45) is 2.34. The molecule has 1 aromatic rings. The first kappa shape index (κ1) is 16.0. The van der Waals surface area contributed by atoms with Crippen LogP contribution in [0.4, 0.5) is 5.69 Å². The van der Waals surface area contributed by atoms with Gasteiger partial charge in [-0.05, 0) is 58.8 Å². The number of hydrogen-bond donors (Lipinski definition) is 3. The molecule has 2 heterocycles. The normalized spacial score (nSPS) is 17.1. The number of amides is 1. The average molecular weight is 293 g/mol. The first-order valence-corrected chi connectivity index (χ1v) is 7.84. The third kappa shape index (κ3) is 4.54. The molecule has 6 heteroatoms.